The summed E-state index contributed by atoms with van der Waals surface area (Å²) in [6.45, 7) is 8.54. The highest BCUT2D eigenvalue weighted by atomic mass is 19.1. The maximum Gasteiger partial charge on any atom is 0.123 e. The first-order chi connectivity index (χ1) is 6.59. The second kappa shape index (κ2) is 4.91. The summed E-state index contributed by atoms with van der Waals surface area (Å²) in [5.41, 5.74) is 2.04. The van der Waals surface area contributed by atoms with Crippen LogP contribution in [0.25, 0.3) is 0 Å². The molecule has 76 valence electrons. The lowest BCUT2D eigenvalue weighted by molar-refractivity contribution is 0.589. The average Bonchev–Trinajstić information content (AvgIpc) is 2.14. The molecule has 0 radical (unpaired) electrons. The van der Waals surface area contributed by atoms with Crippen molar-refractivity contribution >= 4 is 0 Å². The zero-order valence-corrected chi connectivity index (χ0v) is 8.68. The van der Waals surface area contributed by atoms with Crippen molar-refractivity contribution < 1.29 is 4.39 Å². The molecule has 0 bridgehead atoms. The fourth-order valence-corrected chi connectivity index (χ4v) is 1.22. The molecule has 1 rings (SSSR count). The third-order valence-corrected chi connectivity index (χ3v) is 2.06. The summed E-state index contributed by atoms with van der Waals surface area (Å²) in [5.74, 6) is -0.188. The van der Waals surface area contributed by atoms with E-state index in [1.165, 1.54) is 6.07 Å². The van der Waals surface area contributed by atoms with Gasteiger partial charge >= 0.3 is 0 Å². The summed E-state index contributed by atoms with van der Waals surface area (Å²) >= 11 is 0. The van der Waals surface area contributed by atoms with Gasteiger partial charge in [-0.15, -0.1) is 0 Å². The lowest BCUT2D eigenvalue weighted by Crippen LogP contribution is -2.20. The highest BCUT2D eigenvalue weighted by Gasteiger charge is 2.04. The van der Waals surface area contributed by atoms with Crippen LogP contribution in [0.15, 0.2) is 36.4 Å². The van der Waals surface area contributed by atoms with Crippen LogP contribution in [0.5, 0.6) is 0 Å². The Morgan fingerprint density at radius 2 is 2.29 bits per heavy atom. The summed E-state index contributed by atoms with van der Waals surface area (Å²) in [7, 11) is 0. The minimum Gasteiger partial charge on any atom is -0.306 e. The standard InChI is InChI=1S/C12H16FN/c1-9(2)8-14-10(3)11-5-4-6-12(13)7-11/h4-7,10,14H,1,8H2,2-3H3/t10-/m1/s1. The maximum absolute atomic E-state index is 12.9. The second-order valence-corrected chi connectivity index (χ2v) is 3.61. The summed E-state index contributed by atoms with van der Waals surface area (Å²) in [4.78, 5) is 0. The number of nitrogens with one attached hydrogen (secondary N) is 1. The van der Waals surface area contributed by atoms with Gasteiger partial charge in [0.1, 0.15) is 5.82 Å². The molecule has 2 heteroatoms. The van der Waals surface area contributed by atoms with Crippen molar-refractivity contribution in [1.82, 2.24) is 5.32 Å². The molecule has 0 amide bonds. The minimum atomic E-state index is -0.188. The van der Waals surface area contributed by atoms with Crippen LogP contribution in [0.3, 0.4) is 0 Å². The first-order valence-corrected chi connectivity index (χ1v) is 4.73. The van der Waals surface area contributed by atoms with Gasteiger partial charge < -0.3 is 5.32 Å². The molecule has 0 aliphatic rings. The Morgan fingerprint density at radius 3 is 2.86 bits per heavy atom. The fourth-order valence-electron chi connectivity index (χ4n) is 1.22. The zero-order valence-electron chi connectivity index (χ0n) is 8.68. The van der Waals surface area contributed by atoms with E-state index in [-0.39, 0.29) is 11.9 Å². The van der Waals surface area contributed by atoms with Crippen LogP contribution in [0.4, 0.5) is 4.39 Å². The van der Waals surface area contributed by atoms with Crippen molar-refractivity contribution in [2.45, 2.75) is 19.9 Å². The molecule has 1 aromatic rings. The lowest BCUT2D eigenvalue weighted by Gasteiger charge is -2.14. The molecule has 1 nitrogen and oxygen atoms in total. The van der Waals surface area contributed by atoms with E-state index in [1.54, 1.807) is 12.1 Å². The first-order valence-electron chi connectivity index (χ1n) is 4.73. The van der Waals surface area contributed by atoms with Gasteiger partial charge in [0.25, 0.3) is 0 Å². The molecule has 0 unspecified atom stereocenters. The Bertz CT molecular complexity index is 320. The van der Waals surface area contributed by atoms with Crippen molar-refractivity contribution in [1.29, 1.82) is 0 Å². The van der Waals surface area contributed by atoms with Gasteiger partial charge in [-0.25, -0.2) is 4.39 Å². The van der Waals surface area contributed by atoms with Gasteiger partial charge in [0.05, 0.1) is 0 Å². The predicted molar refractivity (Wildman–Crippen MR) is 57.6 cm³/mol. The topological polar surface area (TPSA) is 12.0 Å². The maximum atomic E-state index is 12.9. The lowest BCUT2D eigenvalue weighted by atomic mass is 10.1. The van der Waals surface area contributed by atoms with Crippen molar-refractivity contribution in [2.24, 2.45) is 0 Å². The summed E-state index contributed by atoms with van der Waals surface area (Å²) < 4.78 is 12.9. The zero-order chi connectivity index (χ0) is 10.6. The number of benzene rings is 1. The number of hydrogen-bond donors (Lipinski definition) is 1. The van der Waals surface area contributed by atoms with Gasteiger partial charge in [-0.05, 0) is 31.5 Å². The molecular formula is C12H16FN. The van der Waals surface area contributed by atoms with Gasteiger partial charge in [0.2, 0.25) is 0 Å². The second-order valence-electron chi connectivity index (χ2n) is 3.61. The molecule has 0 fully saturated rings. The van der Waals surface area contributed by atoms with E-state index in [0.29, 0.717) is 0 Å². The highest BCUT2D eigenvalue weighted by Crippen LogP contribution is 2.13. The monoisotopic (exact) mass is 193 g/mol. The van der Waals surface area contributed by atoms with E-state index < -0.39 is 0 Å². The Hall–Kier alpha value is -1.15. The van der Waals surface area contributed by atoms with E-state index >= 15 is 0 Å². The van der Waals surface area contributed by atoms with E-state index in [4.69, 9.17) is 0 Å². The molecule has 0 aliphatic carbocycles. The van der Waals surface area contributed by atoms with E-state index in [2.05, 4.69) is 11.9 Å². The molecular weight excluding hydrogens is 177 g/mol. The van der Waals surface area contributed by atoms with E-state index in [0.717, 1.165) is 17.7 Å². The number of hydrogen-bond acceptors (Lipinski definition) is 1. The molecule has 1 aromatic carbocycles. The molecule has 14 heavy (non-hydrogen) atoms. The van der Waals surface area contributed by atoms with Crippen molar-refractivity contribution in [3.05, 3.63) is 47.8 Å². The molecule has 0 saturated heterocycles. The van der Waals surface area contributed by atoms with Gasteiger partial charge in [0.15, 0.2) is 0 Å². The van der Waals surface area contributed by atoms with Gasteiger partial charge in [-0.3, -0.25) is 0 Å². The Kier molecular flexibility index (Phi) is 3.84. The van der Waals surface area contributed by atoms with Crippen LogP contribution in [0, 0.1) is 5.82 Å². The van der Waals surface area contributed by atoms with Gasteiger partial charge in [-0.2, -0.15) is 0 Å². The number of rotatable bonds is 4. The number of halogens is 1. The largest absolute Gasteiger partial charge is 0.306 e. The predicted octanol–water partition coefficient (Wildman–Crippen LogP) is 3.05. The smallest absolute Gasteiger partial charge is 0.123 e. The Morgan fingerprint density at radius 1 is 1.57 bits per heavy atom. The highest BCUT2D eigenvalue weighted by molar-refractivity contribution is 5.19. The van der Waals surface area contributed by atoms with Crippen LogP contribution < -0.4 is 5.32 Å². The SMILES string of the molecule is C=C(C)CN[C@H](C)c1cccc(F)c1. The van der Waals surface area contributed by atoms with Crippen LogP contribution in [0.2, 0.25) is 0 Å². The summed E-state index contributed by atoms with van der Waals surface area (Å²) in [5, 5.41) is 3.26. The molecule has 0 heterocycles. The average molecular weight is 193 g/mol. The van der Waals surface area contributed by atoms with Crippen molar-refractivity contribution in [3.8, 4) is 0 Å². The third-order valence-electron chi connectivity index (χ3n) is 2.06. The van der Waals surface area contributed by atoms with Crippen LogP contribution >= 0.6 is 0 Å². The summed E-state index contributed by atoms with van der Waals surface area (Å²) in [6, 6.07) is 6.80. The fraction of sp³-hybridized carbons (Fsp3) is 0.333. The van der Waals surface area contributed by atoms with Crippen LogP contribution in [-0.4, -0.2) is 6.54 Å². The Labute approximate surface area is 84.6 Å². The van der Waals surface area contributed by atoms with E-state index in [9.17, 15) is 4.39 Å². The van der Waals surface area contributed by atoms with Crippen molar-refractivity contribution in [3.63, 3.8) is 0 Å². The van der Waals surface area contributed by atoms with Crippen LogP contribution in [-0.2, 0) is 0 Å². The van der Waals surface area contributed by atoms with Gasteiger partial charge in [-0.1, -0.05) is 24.3 Å². The normalized spacial score (nSPS) is 12.5. The summed E-state index contributed by atoms with van der Waals surface area (Å²) in [6.07, 6.45) is 0. The first kappa shape index (κ1) is 10.9. The minimum absolute atomic E-state index is 0.155. The van der Waals surface area contributed by atoms with Crippen LogP contribution in [0.1, 0.15) is 25.5 Å². The molecule has 0 aliphatic heterocycles. The molecule has 1 atom stereocenters. The van der Waals surface area contributed by atoms with Gasteiger partial charge in [0, 0.05) is 12.6 Å². The molecule has 0 aromatic heterocycles. The molecule has 1 N–H and O–H groups in total. The molecule has 0 saturated carbocycles. The molecule has 0 spiro atoms. The quantitative estimate of drug-likeness (QED) is 0.725. The van der Waals surface area contributed by atoms with E-state index in [1.807, 2.05) is 19.9 Å². The Balaban J connectivity index is 2.60. The third kappa shape index (κ3) is 3.30. The van der Waals surface area contributed by atoms with Crippen molar-refractivity contribution in [2.75, 3.05) is 6.54 Å².